The fourth-order valence-electron chi connectivity index (χ4n) is 2.59. The zero-order valence-corrected chi connectivity index (χ0v) is 20.2. The van der Waals surface area contributed by atoms with Crippen LogP contribution in [0.4, 0.5) is 4.39 Å². The summed E-state index contributed by atoms with van der Waals surface area (Å²) in [4.78, 5) is 0. The van der Waals surface area contributed by atoms with Gasteiger partial charge in [0.1, 0.15) is 5.82 Å². The van der Waals surface area contributed by atoms with Crippen LogP contribution in [-0.4, -0.2) is 6.04 Å². The Bertz CT molecular complexity index is 956. The van der Waals surface area contributed by atoms with Gasteiger partial charge in [-0.05, 0) is 66.8 Å². The number of halogens is 1. The topological polar surface area (TPSA) is 49.8 Å². The van der Waals surface area contributed by atoms with Gasteiger partial charge >= 0.3 is 0 Å². The Morgan fingerprint density at radius 2 is 1.75 bits per heavy atom. The molecule has 2 aromatic carbocycles. The molecule has 0 saturated heterocycles. The molecule has 2 N–H and O–H groups in total. The first-order chi connectivity index (χ1) is 15.2. The fraction of sp³-hybridized carbons (Fsp3) is 0.276. The van der Waals surface area contributed by atoms with Crippen LogP contribution < -0.4 is 5.73 Å². The van der Waals surface area contributed by atoms with Gasteiger partial charge in [-0.1, -0.05) is 94.5 Å². The maximum atomic E-state index is 12.5. The first kappa shape index (κ1) is 28.8. The molecule has 0 radical (unpaired) electrons. The van der Waals surface area contributed by atoms with Crippen molar-refractivity contribution in [1.29, 1.82) is 5.26 Å². The van der Waals surface area contributed by atoms with E-state index < -0.39 is 0 Å². The molecule has 0 aliphatic heterocycles. The van der Waals surface area contributed by atoms with E-state index in [1.807, 2.05) is 70.2 Å². The van der Waals surface area contributed by atoms with Crippen LogP contribution in [0.2, 0.25) is 0 Å². The highest BCUT2D eigenvalue weighted by Gasteiger charge is 2.01. The van der Waals surface area contributed by atoms with E-state index in [1.54, 1.807) is 18.2 Å². The lowest BCUT2D eigenvalue weighted by Crippen LogP contribution is -2.06. The normalized spacial score (nSPS) is 10.8. The third-order valence-electron chi connectivity index (χ3n) is 4.13. The minimum atomic E-state index is -0.133. The van der Waals surface area contributed by atoms with Gasteiger partial charge in [-0.3, -0.25) is 0 Å². The second-order valence-corrected chi connectivity index (χ2v) is 7.74. The Hall–Kier alpha value is -3.22. The van der Waals surface area contributed by atoms with Crippen molar-refractivity contribution >= 4 is 5.57 Å². The SMILES string of the molecule is C=C/C(=C\C=C(/C)c1ccccc1C#N)C(=C)C.CC(C)N.CCCc1cccc(F)c1. The van der Waals surface area contributed by atoms with Crippen LogP contribution in [0.15, 0.2) is 91.1 Å². The van der Waals surface area contributed by atoms with Crippen LogP contribution in [0.1, 0.15) is 57.7 Å². The summed E-state index contributed by atoms with van der Waals surface area (Å²) in [5.74, 6) is -0.133. The van der Waals surface area contributed by atoms with Crippen LogP contribution in [0.5, 0.6) is 0 Å². The third kappa shape index (κ3) is 12.5. The minimum absolute atomic E-state index is 0.133. The average molecular weight is 433 g/mol. The maximum absolute atomic E-state index is 12.5. The molecule has 2 nitrogen and oxygen atoms in total. The van der Waals surface area contributed by atoms with Gasteiger partial charge < -0.3 is 5.73 Å². The van der Waals surface area contributed by atoms with Gasteiger partial charge in [-0.15, -0.1) is 0 Å². The van der Waals surface area contributed by atoms with E-state index in [-0.39, 0.29) is 5.82 Å². The fourth-order valence-corrected chi connectivity index (χ4v) is 2.59. The zero-order chi connectivity index (χ0) is 24.5. The maximum Gasteiger partial charge on any atom is 0.123 e. The predicted octanol–water partition coefficient (Wildman–Crippen LogP) is 7.78. The highest BCUT2D eigenvalue weighted by Crippen LogP contribution is 2.19. The molecule has 170 valence electrons. The molecule has 0 atom stereocenters. The molecule has 0 bridgehead atoms. The number of hydrogen-bond acceptors (Lipinski definition) is 2. The van der Waals surface area contributed by atoms with Crippen molar-refractivity contribution in [1.82, 2.24) is 0 Å². The van der Waals surface area contributed by atoms with Crippen LogP contribution in [0, 0.1) is 17.1 Å². The van der Waals surface area contributed by atoms with Gasteiger partial charge in [0.2, 0.25) is 0 Å². The van der Waals surface area contributed by atoms with E-state index >= 15 is 0 Å². The number of aryl methyl sites for hydroxylation is 1. The molecule has 0 saturated carbocycles. The highest BCUT2D eigenvalue weighted by atomic mass is 19.1. The van der Waals surface area contributed by atoms with Crippen molar-refractivity contribution in [3.8, 4) is 6.07 Å². The molecule has 0 aliphatic carbocycles. The molecule has 2 aromatic rings. The largest absolute Gasteiger partial charge is 0.328 e. The van der Waals surface area contributed by atoms with Crippen LogP contribution in [0.3, 0.4) is 0 Å². The lowest BCUT2D eigenvalue weighted by molar-refractivity contribution is 0.625. The Balaban J connectivity index is 0.000000573. The van der Waals surface area contributed by atoms with E-state index in [2.05, 4.69) is 26.2 Å². The van der Waals surface area contributed by atoms with Crippen molar-refractivity contribution < 1.29 is 4.39 Å². The van der Waals surface area contributed by atoms with E-state index in [0.29, 0.717) is 11.6 Å². The number of nitriles is 1. The number of nitrogens with two attached hydrogens (primary N) is 1. The molecule has 32 heavy (non-hydrogen) atoms. The minimum Gasteiger partial charge on any atom is -0.328 e. The first-order valence-corrected chi connectivity index (χ1v) is 10.8. The van der Waals surface area contributed by atoms with Gasteiger partial charge in [0.05, 0.1) is 11.6 Å². The van der Waals surface area contributed by atoms with E-state index in [0.717, 1.165) is 40.7 Å². The van der Waals surface area contributed by atoms with Gasteiger partial charge in [0, 0.05) is 0 Å². The Labute approximate surface area is 194 Å². The molecule has 0 unspecified atom stereocenters. The summed E-state index contributed by atoms with van der Waals surface area (Å²) in [6, 6.07) is 16.9. The van der Waals surface area contributed by atoms with Crippen LogP contribution in [-0.2, 0) is 6.42 Å². The number of benzene rings is 2. The Morgan fingerprint density at radius 1 is 1.12 bits per heavy atom. The standard InChI is InChI=1S/C17H17N.C9H11F.C3H9N/c1-5-15(13(2)3)11-10-14(4)17-9-7-6-8-16(17)12-18;1-2-4-8-5-3-6-9(10)7-8;1-3(2)4/h5-11H,1-2H2,3-4H3;3,5-7H,2,4H2,1H3;3H,4H2,1-2H3/b14-10+,15-11+;;. The molecule has 0 heterocycles. The summed E-state index contributed by atoms with van der Waals surface area (Å²) in [6.07, 6.45) is 7.78. The van der Waals surface area contributed by atoms with Crippen molar-refractivity contribution in [2.24, 2.45) is 5.73 Å². The van der Waals surface area contributed by atoms with Gasteiger partial charge in [-0.2, -0.15) is 5.26 Å². The molecule has 0 amide bonds. The molecule has 0 aromatic heterocycles. The third-order valence-corrected chi connectivity index (χ3v) is 4.13. The molecule has 2 rings (SSSR count). The monoisotopic (exact) mass is 432 g/mol. The molecular weight excluding hydrogens is 395 g/mol. The van der Waals surface area contributed by atoms with E-state index in [9.17, 15) is 4.39 Å². The number of hydrogen-bond donors (Lipinski definition) is 1. The molecule has 0 aliphatic rings. The Morgan fingerprint density at radius 3 is 2.25 bits per heavy atom. The van der Waals surface area contributed by atoms with Crippen LogP contribution in [0.25, 0.3) is 5.57 Å². The summed E-state index contributed by atoms with van der Waals surface area (Å²) >= 11 is 0. The molecule has 3 heteroatoms. The number of rotatable bonds is 6. The van der Waals surface area contributed by atoms with Crippen molar-refractivity contribution in [3.63, 3.8) is 0 Å². The van der Waals surface area contributed by atoms with Crippen LogP contribution >= 0.6 is 0 Å². The smallest absolute Gasteiger partial charge is 0.123 e. The lowest BCUT2D eigenvalue weighted by Gasteiger charge is -2.03. The molecule has 0 fully saturated rings. The van der Waals surface area contributed by atoms with Gasteiger partial charge in [-0.25, -0.2) is 4.39 Å². The number of allylic oxidation sites excluding steroid dienone is 6. The zero-order valence-electron chi connectivity index (χ0n) is 20.2. The summed E-state index contributed by atoms with van der Waals surface area (Å²) in [6.45, 7) is 17.6. The van der Waals surface area contributed by atoms with Gasteiger partial charge in [0.25, 0.3) is 0 Å². The van der Waals surface area contributed by atoms with E-state index in [1.165, 1.54) is 6.07 Å². The van der Waals surface area contributed by atoms with Crippen molar-refractivity contribution in [2.45, 2.75) is 53.5 Å². The highest BCUT2D eigenvalue weighted by molar-refractivity contribution is 5.70. The number of nitrogens with zero attached hydrogens (tertiary/aromatic N) is 1. The summed E-state index contributed by atoms with van der Waals surface area (Å²) < 4.78 is 12.5. The summed E-state index contributed by atoms with van der Waals surface area (Å²) in [7, 11) is 0. The second-order valence-electron chi connectivity index (χ2n) is 7.74. The quantitative estimate of drug-likeness (QED) is 0.474. The summed E-state index contributed by atoms with van der Waals surface area (Å²) in [5, 5.41) is 9.06. The molecule has 0 spiro atoms. The van der Waals surface area contributed by atoms with E-state index in [4.69, 9.17) is 11.0 Å². The molecular formula is C29H37FN2. The Kier molecular flexibility index (Phi) is 14.8. The first-order valence-electron chi connectivity index (χ1n) is 10.8. The lowest BCUT2D eigenvalue weighted by atomic mass is 10.0. The van der Waals surface area contributed by atoms with Crippen molar-refractivity contribution in [2.75, 3.05) is 0 Å². The summed E-state index contributed by atoms with van der Waals surface area (Å²) in [5.41, 5.74) is 10.9. The second kappa shape index (κ2) is 16.5. The average Bonchev–Trinajstić information content (AvgIpc) is 2.74. The van der Waals surface area contributed by atoms with Gasteiger partial charge in [0.15, 0.2) is 0 Å². The predicted molar refractivity (Wildman–Crippen MR) is 138 cm³/mol. The van der Waals surface area contributed by atoms with Crippen molar-refractivity contribution in [3.05, 3.63) is 114 Å².